The van der Waals surface area contributed by atoms with Crippen molar-refractivity contribution in [2.75, 3.05) is 0 Å². The number of hydrogen-bond donors (Lipinski definition) is 1. The van der Waals surface area contributed by atoms with E-state index in [9.17, 15) is 9.36 Å². The highest BCUT2D eigenvalue weighted by Gasteiger charge is 2.43. The summed E-state index contributed by atoms with van der Waals surface area (Å²) in [5.74, 6) is -0.759. The van der Waals surface area contributed by atoms with Gasteiger partial charge in [-0.3, -0.25) is 9.36 Å². The van der Waals surface area contributed by atoms with Gasteiger partial charge in [0.1, 0.15) is 5.78 Å². The highest BCUT2D eigenvalue weighted by atomic mass is 31.2. The van der Waals surface area contributed by atoms with E-state index in [1.807, 2.05) is 46.2 Å². The summed E-state index contributed by atoms with van der Waals surface area (Å²) in [6, 6.07) is 0. The van der Waals surface area contributed by atoms with Crippen LogP contribution in [0.2, 0.25) is 39.3 Å². The topological polar surface area (TPSA) is 64.6 Å². The molecule has 1 amide bonds. The Balaban J connectivity index is 5.44. The van der Waals surface area contributed by atoms with E-state index in [-0.39, 0.29) is 5.91 Å². The van der Waals surface area contributed by atoms with Crippen LogP contribution < -0.4 is 5.32 Å². The van der Waals surface area contributed by atoms with E-state index >= 15 is 0 Å². The van der Waals surface area contributed by atoms with Crippen molar-refractivity contribution in [3.63, 3.8) is 0 Å². The molecule has 0 aliphatic rings. The lowest BCUT2D eigenvalue weighted by molar-refractivity contribution is -0.119. The summed E-state index contributed by atoms with van der Waals surface area (Å²) in [6.07, 6.45) is 1.39. The molecule has 0 radical (unpaired) electrons. The molecule has 0 heterocycles. The van der Waals surface area contributed by atoms with Gasteiger partial charge in [-0.05, 0) is 45.7 Å². The standard InChI is InChI=1S/C12H30NO4PSi2/c1-9-10-12(13-11(2)14)18(15,16-19(3,4)5)17-20(6,7)8/h12H,9-10H2,1-8H3,(H,13,14). The molecule has 1 N–H and O–H groups in total. The van der Waals surface area contributed by atoms with Gasteiger partial charge in [-0.15, -0.1) is 0 Å². The van der Waals surface area contributed by atoms with Crippen LogP contribution in [-0.2, 0) is 17.8 Å². The summed E-state index contributed by atoms with van der Waals surface area (Å²) in [6.45, 7) is 15.3. The van der Waals surface area contributed by atoms with Gasteiger partial charge in [0, 0.05) is 6.92 Å². The SMILES string of the molecule is CCCC(NC(C)=O)P(=O)(O[Si](C)(C)C)O[Si](C)(C)C. The van der Waals surface area contributed by atoms with E-state index in [1.54, 1.807) is 0 Å². The van der Waals surface area contributed by atoms with Crippen molar-refractivity contribution in [1.29, 1.82) is 0 Å². The van der Waals surface area contributed by atoms with Crippen molar-refractivity contribution >= 4 is 30.1 Å². The van der Waals surface area contributed by atoms with Crippen LogP contribution in [-0.4, -0.2) is 28.3 Å². The zero-order valence-corrected chi connectivity index (χ0v) is 17.0. The molecule has 0 aromatic heterocycles. The fraction of sp³-hybridized carbons (Fsp3) is 0.917. The van der Waals surface area contributed by atoms with E-state index in [1.165, 1.54) is 6.92 Å². The number of carbonyl (C=O) groups excluding carboxylic acids is 1. The van der Waals surface area contributed by atoms with Crippen molar-refractivity contribution in [2.45, 2.75) is 71.8 Å². The molecule has 20 heavy (non-hydrogen) atoms. The first-order chi connectivity index (χ1) is 8.79. The Morgan fingerprint density at radius 3 is 1.75 bits per heavy atom. The third kappa shape index (κ3) is 8.36. The molecular formula is C12H30NO4PSi2. The average Bonchev–Trinajstić information content (AvgIpc) is 2.09. The van der Waals surface area contributed by atoms with Gasteiger partial charge in [-0.2, -0.15) is 0 Å². The molecule has 5 nitrogen and oxygen atoms in total. The summed E-state index contributed by atoms with van der Waals surface area (Å²) < 4.78 is 25.1. The van der Waals surface area contributed by atoms with Gasteiger partial charge >= 0.3 is 7.60 Å². The van der Waals surface area contributed by atoms with Crippen LogP contribution in [0.1, 0.15) is 26.7 Å². The normalized spacial score (nSPS) is 15.0. The minimum atomic E-state index is -3.35. The Labute approximate surface area is 125 Å². The molecule has 0 aromatic rings. The molecule has 0 fully saturated rings. The van der Waals surface area contributed by atoms with E-state index in [2.05, 4.69) is 5.32 Å². The second-order valence-corrected chi connectivity index (χ2v) is 18.6. The molecule has 0 rings (SSSR count). The summed E-state index contributed by atoms with van der Waals surface area (Å²) in [7, 11) is -7.46. The maximum Gasteiger partial charge on any atom is 0.333 e. The van der Waals surface area contributed by atoms with Gasteiger partial charge in [0.05, 0.1) is 0 Å². The monoisotopic (exact) mass is 339 g/mol. The van der Waals surface area contributed by atoms with Gasteiger partial charge in [-0.25, -0.2) is 0 Å². The van der Waals surface area contributed by atoms with Crippen molar-refractivity contribution < 1.29 is 17.8 Å². The van der Waals surface area contributed by atoms with Gasteiger partial charge in [0.25, 0.3) is 0 Å². The van der Waals surface area contributed by atoms with Crippen molar-refractivity contribution in [3.05, 3.63) is 0 Å². The zero-order chi connectivity index (χ0) is 16.2. The molecule has 0 aliphatic carbocycles. The molecule has 0 spiro atoms. The van der Waals surface area contributed by atoms with Gasteiger partial charge in [0.2, 0.25) is 5.91 Å². The molecule has 0 saturated heterocycles. The Bertz CT molecular complexity index is 357. The number of amides is 1. The first kappa shape index (κ1) is 20.1. The Morgan fingerprint density at radius 2 is 1.50 bits per heavy atom. The molecule has 0 saturated carbocycles. The van der Waals surface area contributed by atoms with Crippen molar-refractivity contribution in [1.82, 2.24) is 5.32 Å². The summed E-state index contributed by atoms with van der Waals surface area (Å²) in [5.41, 5.74) is 0. The molecule has 0 bridgehead atoms. The second kappa shape index (κ2) is 7.36. The largest absolute Gasteiger partial charge is 0.350 e. The number of nitrogens with one attached hydrogen (secondary N) is 1. The zero-order valence-electron chi connectivity index (χ0n) is 14.1. The van der Waals surface area contributed by atoms with E-state index < -0.39 is 30.0 Å². The van der Waals surface area contributed by atoms with Crippen LogP contribution in [0, 0.1) is 0 Å². The molecule has 0 aliphatic heterocycles. The smallest absolute Gasteiger partial charge is 0.333 e. The molecule has 1 atom stereocenters. The predicted molar refractivity (Wildman–Crippen MR) is 89.0 cm³/mol. The lowest BCUT2D eigenvalue weighted by Crippen LogP contribution is -2.40. The molecule has 0 aromatic carbocycles. The van der Waals surface area contributed by atoms with Crippen LogP contribution in [0.3, 0.4) is 0 Å². The minimum Gasteiger partial charge on any atom is -0.350 e. The third-order valence-corrected chi connectivity index (χ3v) is 9.68. The highest BCUT2D eigenvalue weighted by Crippen LogP contribution is 2.57. The Kier molecular flexibility index (Phi) is 7.38. The first-order valence-corrected chi connectivity index (χ1v) is 15.5. The van der Waals surface area contributed by atoms with Crippen molar-refractivity contribution in [2.24, 2.45) is 0 Å². The lowest BCUT2D eigenvalue weighted by atomic mass is 10.3. The van der Waals surface area contributed by atoms with Gasteiger partial charge in [-0.1, -0.05) is 13.3 Å². The van der Waals surface area contributed by atoms with Gasteiger partial charge < -0.3 is 13.7 Å². The summed E-state index contributed by atoms with van der Waals surface area (Å²) >= 11 is 0. The number of carbonyl (C=O) groups is 1. The Hall–Kier alpha value is 0.0538. The third-order valence-electron chi connectivity index (χ3n) is 2.12. The second-order valence-electron chi connectivity index (χ2n) is 6.95. The van der Waals surface area contributed by atoms with E-state index in [4.69, 9.17) is 8.43 Å². The first-order valence-electron chi connectivity index (χ1n) is 7.07. The average molecular weight is 340 g/mol. The van der Waals surface area contributed by atoms with E-state index in [0.717, 1.165) is 6.42 Å². The minimum absolute atomic E-state index is 0.206. The van der Waals surface area contributed by atoms with Crippen LogP contribution in [0.5, 0.6) is 0 Å². The summed E-state index contributed by atoms with van der Waals surface area (Å²) in [4.78, 5) is 11.4. The maximum absolute atomic E-state index is 13.3. The van der Waals surface area contributed by atoms with Crippen LogP contribution in [0.15, 0.2) is 0 Å². The van der Waals surface area contributed by atoms with Crippen LogP contribution in [0.25, 0.3) is 0 Å². The van der Waals surface area contributed by atoms with Gasteiger partial charge in [0.15, 0.2) is 16.6 Å². The number of hydrogen-bond acceptors (Lipinski definition) is 4. The molecular weight excluding hydrogens is 309 g/mol. The fourth-order valence-corrected chi connectivity index (χ4v) is 10.3. The van der Waals surface area contributed by atoms with Crippen LogP contribution >= 0.6 is 7.60 Å². The summed E-state index contributed by atoms with van der Waals surface area (Å²) in [5, 5.41) is 2.76. The maximum atomic E-state index is 13.3. The van der Waals surface area contributed by atoms with Crippen molar-refractivity contribution in [3.8, 4) is 0 Å². The predicted octanol–water partition coefficient (Wildman–Crippen LogP) is 4.14. The quantitative estimate of drug-likeness (QED) is 0.533. The van der Waals surface area contributed by atoms with Crippen LogP contribution in [0.4, 0.5) is 0 Å². The fourth-order valence-electron chi connectivity index (χ4n) is 1.73. The highest BCUT2D eigenvalue weighted by molar-refractivity contribution is 7.57. The molecule has 8 heteroatoms. The lowest BCUT2D eigenvalue weighted by Gasteiger charge is -2.35. The Morgan fingerprint density at radius 1 is 1.10 bits per heavy atom. The number of rotatable bonds is 8. The van der Waals surface area contributed by atoms with E-state index in [0.29, 0.717) is 6.42 Å². The molecule has 1 unspecified atom stereocenters. The molecule has 120 valence electrons.